The maximum Gasteiger partial charge on any atom is 0.239 e. The fourth-order valence-electron chi connectivity index (χ4n) is 2.04. The lowest BCUT2D eigenvalue weighted by Gasteiger charge is -2.21. The number of rotatable bonds is 7. The molecule has 0 bridgehead atoms. The number of nitrogens with zero attached hydrogens (tertiary/aromatic N) is 2. The summed E-state index contributed by atoms with van der Waals surface area (Å²) in [4.78, 5) is 19.4. The highest BCUT2D eigenvalue weighted by Crippen LogP contribution is 2.09. The van der Waals surface area contributed by atoms with E-state index in [1.54, 1.807) is 30.7 Å². The fourth-order valence-corrected chi connectivity index (χ4v) is 2.74. The minimum atomic E-state index is -0.103. The van der Waals surface area contributed by atoms with E-state index in [1.165, 1.54) is 4.88 Å². The summed E-state index contributed by atoms with van der Waals surface area (Å²) < 4.78 is 5.17. The third-order valence-corrected chi connectivity index (χ3v) is 4.23. The van der Waals surface area contributed by atoms with Gasteiger partial charge in [-0.15, -0.1) is 11.3 Å². The van der Waals surface area contributed by atoms with E-state index in [4.69, 9.17) is 4.42 Å². The van der Waals surface area contributed by atoms with E-state index in [0.29, 0.717) is 12.5 Å². The van der Waals surface area contributed by atoms with Gasteiger partial charge in [-0.2, -0.15) is 0 Å². The van der Waals surface area contributed by atoms with Crippen LogP contribution in [0.1, 0.15) is 10.6 Å². The fraction of sp³-hybridized carbons (Fsp3) is 0.375. The molecule has 23 heavy (non-hydrogen) atoms. The molecule has 2 N–H and O–H groups in total. The zero-order valence-corrected chi connectivity index (χ0v) is 14.2. The average Bonchev–Trinajstić information content (AvgIpc) is 3.24. The number of furan rings is 1. The van der Waals surface area contributed by atoms with Gasteiger partial charge in [-0.3, -0.25) is 9.79 Å². The second kappa shape index (κ2) is 8.99. The topological polar surface area (TPSA) is 69.9 Å². The summed E-state index contributed by atoms with van der Waals surface area (Å²) in [6.07, 6.45) is 2.55. The quantitative estimate of drug-likeness (QED) is 0.597. The molecule has 0 spiro atoms. The van der Waals surface area contributed by atoms with Gasteiger partial charge in [0.25, 0.3) is 0 Å². The van der Waals surface area contributed by atoms with E-state index in [9.17, 15) is 4.79 Å². The normalized spacial score (nSPS) is 11.3. The van der Waals surface area contributed by atoms with Gasteiger partial charge >= 0.3 is 0 Å². The highest BCUT2D eigenvalue weighted by Gasteiger charge is 2.09. The van der Waals surface area contributed by atoms with Crippen LogP contribution in [-0.4, -0.2) is 44.0 Å². The lowest BCUT2D eigenvalue weighted by molar-refractivity contribution is -0.120. The molecular formula is C16H22N4O2S. The third kappa shape index (κ3) is 5.78. The summed E-state index contributed by atoms with van der Waals surface area (Å²) in [5, 5.41) is 7.93. The maximum absolute atomic E-state index is 11.8. The highest BCUT2D eigenvalue weighted by atomic mass is 32.1. The van der Waals surface area contributed by atoms with Crippen molar-refractivity contribution >= 4 is 23.2 Å². The number of hydrogen-bond donors (Lipinski definition) is 2. The molecular weight excluding hydrogens is 312 g/mol. The predicted octanol–water partition coefficient (Wildman–Crippen LogP) is 1.71. The second-order valence-corrected chi connectivity index (χ2v) is 6.04. The van der Waals surface area contributed by atoms with Gasteiger partial charge in [0.15, 0.2) is 5.96 Å². The van der Waals surface area contributed by atoms with Crippen molar-refractivity contribution in [3.63, 3.8) is 0 Å². The molecule has 2 aromatic rings. The van der Waals surface area contributed by atoms with Crippen LogP contribution in [0.4, 0.5) is 0 Å². The van der Waals surface area contributed by atoms with Crippen molar-refractivity contribution in [2.45, 2.75) is 13.0 Å². The Kier molecular flexibility index (Phi) is 6.68. The smallest absolute Gasteiger partial charge is 0.239 e. The SMILES string of the molecule is CN=C(NCC(=O)NCc1ccco1)N(C)CCc1cccs1. The van der Waals surface area contributed by atoms with Crippen molar-refractivity contribution in [3.05, 3.63) is 46.5 Å². The Balaban J connectivity index is 1.69. The van der Waals surface area contributed by atoms with Crippen LogP contribution in [0.15, 0.2) is 45.3 Å². The standard InChI is InChI=1S/C16H22N4O2S/c1-17-16(20(2)8-7-14-6-4-10-23-14)19-12-15(21)18-11-13-5-3-9-22-13/h3-6,9-10H,7-8,11-12H2,1-2H3,(H,17,19)(H,18,21). The average molecular weight is 334 g/mol. The Hall–Kier alpha value is -2.28. The number of nitrogens with one attached hydrogen (secondary N) is 2. The van der Waals surface area contributed by atoms with Crippen molar-refractivity contribution in [2.24, 2.45) is 4.99 Å². The van der Waals surface area contributed by atoms with Gasteiger partial charge in [-0.05, 0) is 30.0 Å². The zero-order chi connectivity index (χ0) is 16.5. The Bertz CT molecular complexity index is 608. The molecule has 2 aromatic heterocycles. The summed E-state index contributed by atoms with van der Waals surface area (Å²) in [6, 6.07) is 7.79. The Morgan fingerprint density at radius 3 is 2.87 bits per heavy atom. The Labute approximate surface area is 140 Å². The van der Waals surface area contributed by atoms with Gasteiger partial charge in [0, 0.05) is 25.5 Å². The predicted molar refractivity (Wildman–Crippen MR) is 92.6 cm³/mol. The molecule has 0 unspecified atom stereocenters. The summed E-state index contributed by atoms with van der Waals surface area (Å²) in [5.74, 6) is 1.33. The first-order valence-electron chi connectivity index (χ1n) is 7.42. The van der Waals surface area contributed by atoms with Crippen LogP contribution in [0.3, 0.4) is 0 Å². The highest BCUT2D eigenvalue weighted by molar-refractivity contribution is 7.09. The minimum absolute atomic E-state index is 0.103. The van der Waals surface area contributed by atoms with E-state index >= 15 is 0 Å². The monoisotopic (exact) mass is 334 g/mol. The van der Waals surface area contributed by atoms with Crippen LogP contribution >= 0.6 is 11.3 Å². The maximum atomic E-state index is 11.8. The van der Waals surface area contributed by atoms with Crippen molar-refractivity contribution < 1.29 is 9.21 Å². The van der Waals surface area contributed by atoms with E-state index in [-0.39, 0.29) is 12.5 Å². The van der Waals surface area contributed by atoms with Crippen LogP contribution in [0.5, 0.6) is 0 Å². The van der Waals surface area contributed by atoms with Crippen molar-refractivity contribution in [1.29, 1.82) is 0 Å². The largest absolute Gasteiger partial charge is 0.467 e. The summed E-state index contributed by atoms with van der Waals surface area (Å²) in [6.45, 7) is 1.41. The minimum Gasteiger partial charge on any atom is -0.467 e. The van der Waals surface area contributed by atoms with Gasteiger partial charge in [0.1, 0.15) is 5.76 Å². The van der Waals surface area contributed by atoms with E-state index in [1.807, 2.05) is 18.0 Å². The molecule has 124 valence electrons. The van der Waals surface area contributed by atoms with Crippen LogP contribution in [0.25, 0.3) is 0 Å². The van der Waals surface area contributed by atoms with Gasteiger partial charge in [-0.1, -0.05) is 6.07 Å². The molecule has 0 fully saturated rings. The molecule has 0 saturated heterocycles. The first kappa shape index (κ1) is 17.1. The van der Waals surface area contributed by atoms with E-state index in [2.05, 4.69) is 33.1 Å². The zero-order valence-electron chi connectivity index (χ0n) is 13.4. The number of thiophene rings is 1. The van der Waals surface area contributed by atoms with Gasteiger partial charge in [0.2, 0.25) is 5.91 Å². The summed E-state index contributed by atoms with van der Waals surface area (Å²) in [7, 11) is 3.68. The molecule has 1 amide bonds. The number of likely N-dealkylation sites (N-methyl/N-ethyl adjacent to an activating group) is 1. The molecule has 0 aliphatic rings. The number of hydrogen-bond acceptors (Lipinski definition) is 4. The lowest BCUT2D eigenvalue weighted by atomic mass is 10.3. The van der Waals surface area contributed by atoms with E-state index in [0.717, 1.165) is 18.7 Å². The molecule has 0 radical (unpaired) electrons. The van der Waals surface area contributed by atoms with Gasteiger partial charge < -0.3 is 20.0 Å². The number of amides is 1. The van der Waals surface area contributed by atoms with E-state index < -0.39 is 0 Å². The molecule has 7 heteroatoms. The molecule has 6 nitrogen and oxygen atoms in total. The number of guanidine groups is 1. The van der Waals surface area contributed by atoms with Crippen molar-refractivity contribution in [3.8, 4) is 0 Å². The van der Waals surface area contributed by atoms with Crippen LogP contribution in [0, 0.1) is 0 Å². The Morgan fingerprint density at radius 1 is 1.35 bits per heavy atom. The lowest BCUT2D eigenvalue weighted by Crippen LogP contribution is -2.44. The van der Waals surface area contributed by atoms with Crippen molar-refractivity contribution in [2.75, 3.05) is 27.2 Å². The number of carbonyl (C=O) groups is 1. The molecule has 0 saturated carbocycles. The summed E-state index contributed by atoms with van der Waals surface area (Å²) >= 11 is 1.75. The molecule has 2 rings (SSSR count). The second-order valence-electron chi connectivity index (χ2n) is 5.01. The molecule has 0 aliphatic carbocycles. The van der Waals surface area contributed by atoms with Crippen LogP contribution in [-0.2, 0) is 17.8 Å². The molecule has 0 atom stereocenters. The molecule has 0 aliphatic heterocycles. The number of aliphatic imine (C=N–C) groups is 1. The number of carbonyl (C=O) groups excluding carboxylic acids is 1. The first-order valence-corrected chi connectivity index (χ1v) is 8.30. The van der Waals surface area contributed by atoms with Gasteiger partial charge in [-0.25, -0.2) is 0 Å². The van der Waals surface area contributed by atoms with Gasteiger partial charge in [0.05, 0.1) is 19.4 Å². The van der Waals surface area contributed by atoms with Crippen LogP contribution in [0.2, 0.25) is 0 Å². The summed E-state index contributed by atoms with van der Waals surface area (Å²) in [5.41, 5.74) is 0. The van der Waals surface area contributed by atoms with Crippen molar-refractivity contribution in [1.82, 2.24) is 15.5 Å². The third-order valence-electron chi connectivity index (χ3n) is 3.29. The first-order chi connectivity index (χ1) is 11.2. The van der Waals surface area contributed by atoms with Crippen LogP contribution < -0.4 is 10.6 Å². The molecule has 0 aromatic carbocycles. The Morgan fingerprint density at radius 2 is 2.22 bits per heavy atom. The molecule has 2 heterocycles.